The second kappa shape index (κ2) is 7.04. The highest BCUT2D eigenvalue weighted by atomic mass is 16.1. The number of piperidine rings is 1. The Morgan fingerprint density at radius 2 is 2.17 bits per heavy atom. The molecule has 120 valence electrons. The Morgan fingerprint density at radius 1 is 1.35 bits per heavy atom. The van der Waals surface area contributed by atoms with E-state index >= 15 is 0 Å². The largest absolute Gasteiger partial charge is 0.352 e. The van der Waals surface area contributed by atoms with Crippen LogP contribution in [-0.4, -0.2) is 40.5 Å². The van der Waals surface area contributed by atoms with Gasteiger partial charge in [-0.2, -0.15) is 0 Å². The lowest BCUT2D eigenvalue weighted by atomic mass is 9.98. The maximum absolute atomic E-state index is 12.1. The summed E-state index contributed by atoms with van der Waals surface area (Å²) in [7, 11) is 0. The van der Waals surface area contributed by atoms with Crippen molar-refractivity contribution in [2.45, 2.75) is 12.8 Å². The second-order valence-electron chi connectivity index (χ2n) is 5.65. The number of nitrogens with one attached hydrogen (secondary N) is 2. The van der Waals surface area contributed by atoms with Gasteiger partial charge < -0.3 is 15.2 Å². The topological polar surface area (TPSA) is 91.0 Å². The molecule has 1 aliphatic rings. The van der Waals surface area contributed by atoms with Gasteiger partial charge in [0.05, 0.1) is 5.56 Å². The van der Waals surface area contributed by atoms with E-state index in [2.05, 4.69) is 25.2 Å². The third-order valence-corrected chi connectivity index (χ3v) is 3.95. The predicted octanol–water partition coefficient (Wildman–Crippen LogP) is 0.811. The summed E-state index contributed by atoms with van der Waals surface area (Å²) in [6.45, 7) is 2.37. The maximum Gasteiger partial charge on any atom is 0.252 e. The lowest BCUT2D eigenvalue weighted by Gasteiger charge is -2.32. The summed E-state index contributed by atoms with van der Waals surface area (Å²) in [6, 6.07) is 4.68. The molecular weight excluding hydrogens is 294 g/mol. The summed E-state index contributed by atoms with van der Waals surface area (Å²) in [6.07, 6.45) is 7.03. The van der Waals surface area contributed by atoms with Crippen LogP contribution in [0, 0.1) is 5.92 Å². The van der Waals surface area contributed by atoms with Gasteiger partial charge in [0.25, 0.3) is 5.91 Å². The van der Waals surface area contributed by atoms with Gasteiger partial charge in [-0.25, -0.2) is 9.97 Å². The van der Waals surface area contributed by atoms with Gasteiger partial charge in [0.1, 0.15) is 0 Å². The van der Waals surface area contributed by atoms with E-state index in [9.17, 15) is 9.59 Å². The molecular formula is C16H19N5O2. The van der Waals surface area contributed by atoms with Crippen LogP contribution in [0.1, 0.15) is 23.2 Å². The fraction of sp³-hybridized carbons (Fsp3) is 0.375. The highest BCUT2D eigenvalue weighted by molar-refractivity contribution is 5.93. The smallest absolute Gasteiger partial charge is 0.252 e. The third kappa shape index (κ3) is 3.94. The highest BCUT2D eigenvalue weighted by Crippen LogP contribution is 2.19. The first kappa shape index (κ1) is 15.2. The Balaban J connectivity index is 1.55. The van der Waals surface area contributed by atoms with Crippen molar-refractivity contribution in [1.29, 1.82) is 0 Å². The standard InChI is InChI=1S/C16H19N5O2/c22-14-5-4-13(10-19-14)15(23)20-9-12-3-1-8-21(11-12)16-17-6-2-7-18-16/h2,4-7,10,12H,1,3,8-9,11H2,(H,19,22)(H,20,23). The number of H-pyrrole nitrogens is 1. The van der Waals surface area contributed by atoms with Gasteiger partial charge >= 0.3 is 0 Å². The van der Waals surface area contributed by atoms with Crippen LogP contribution >= 0.6 is 0 Å². The lowest BCUT2D eigenvalue weighted by Crippen LogP contribution is -2.41. The van der Waals surface area contributed by atoms with Crippen LogP contribution in [0.5, 0.6) is 0 Å². The summed E-state index contributed by atoms with van der Waals surface area (Å²) in [5.74, 6) is 0.928. The van der Waals surface area contributed by atoms with E-state index in [1.165, 1.54) is 18.3 Å². The molecule has 1 saturated heterocycles. The third-order valence-electron chi connectivity index (χ3n) is 3.95. The van der Waals surface area contributed by atoms with Gasteiger partial charge in [-0.1, -0.05) is 0 Å². The van der Waals surface area contributed by atoms with Crippen molar-refractivity contribution < 1.29 is 4.79 Å². The minimum absolute atomic E-state index is 0.172. The Bertz CT molecular complexity index is 695. The zero-order valence-electron chi connectivity index (χ0n) is 12.7. The van der Waals surface area contributed by atoms with Crippen molar-refractivity contribution >= 4 is 11.9 Å². The number of hydrogen-bond acceptors (Lipinski definition) is 5. The lowest BCUT2D eigenvalue weighted by molar-refractivity contribution is 0.0945. The van der Waals surface area contributed by atoms with Crippen LogP contribution in [-0.2, 0) is 0 Å². The van der Waals surface area contributed by atoms with Crippen LogP contribution in [0.4, 0.5) is 5.95 Å². The molecule has 2 aromatic rings. The van der Waals surface area contributed by atoms with E-state index in [1.807, 2.05) is 0 Å². The first-order chi connectivity index (χ1) is 11.2. The van der Waals surface area contributed by atoms with Crippen LogP contribution in [0.2, 0.25) is 0 Å². The van der Waals surface area contributed by atoms with Gasteiger partial charge in [-0.05, 0) is 30.9 Å². The Labute approximate surface area is 133 Å². The molecule has 7 nitrogen and oxygen atoms in total. The van der Waals surface area contributed by atoms with Crippen LogP contribution in [0.25, 0.3) is 0 Å². The number of aromatic amines is 1. The van der Waals surface area contributed by atoms with Crippen molar-refractivity contribution in [2.24, 2.45) is 5.92 Å². The average Bonchev–Trinajstić information content (AvgIpc) is 2.61. The van der Waals surface area contributed by atoms with Gasteiger partial charge in [0, 0.05) is 44.3 Å². The number of carbonyl (C=O) groups is 1. The fourth-order valence-electron chi connectivity index (χ4n) is 2.76. The van der Waals surface area contributed by atoms with Crippen molar-refractivity contribution in [3.05, 3.63) is 52.7 Å². The number of aromatic nitrogens is 3. The molecule has 0 bridgehead atoms. The summed E-state index contributed by atoms with van der Waals surface area (Å²) < 4.78 is 0. The van der Waals surface area contributed by atoms with E-state index in [1.54, 1.807) is 18.5 Å². The Morgan fingerprint density at radius 3 is 2.91 bits per heavy atom. The zero-order valence-corrected chi connectivity index (χ0v) is 12.7. The molecule has 0 aromatic carbocycles. The molecule has 2 aromatic heterocycles. The molecule has 3 rings (SSSR count). The van der Waals surface area contributed by atoms with Gasteiger partial charge in [-0.15, -0.1) is 0 Å². The van der Waals surface area contributed by atoms with Crippen LogP contribution in [0.3, 0.4) is 0 Å². The number of rotatable bonds is 4. The molecule has 0 radical (unpaired) electrons. The number of nitrogens with zero attached hydrogens (tertiary/aromatic N) is 3. The highest BCUT2D eigenvalue weighted by Gasteiger charge is 2.22. The summed E-state index contributed by atoms with van der Waals surface area (Å²) in [5.41, 5.74) is 0.246. The number of anilines is 1. The molecule has 3 heterocycles. The van der Waals surface area contributed by atoms with Gasteiger partial charge in [-0.3, -0.25) is 9.59 Å². The van der Waals surface area contributed by atoms with Crippen molar-refractivity contribution in [1.82, 2.24) is 20.3 Å². The quantitative estimate of drug-likeness (QED) is 0.872. The minimum atomic E-state index is -0.215. The normalized spacial score (nSPS) is 17.7. The van der Waals surface area contributed by atoms with E-state index < -0.39 is 0 Å². The molecule has 1 atom stereocenters. The monoisotopic (exact) mass is 313 g/mol. The fourth-order valence-corrected chi connectivity index (χ4v) is 2.76. The molecule has 0 aliphatic carbocycles. The molecule has 23 heavy (non-hydrogen) atoms. The number of amides is 1. The number of carbonyl (C=O) groups excluding carboxylic acids is 1. The first-order valence-electron chi connectivity index (χ1n) is 7.71. The molecule has 2 N–H and O–H groups in total. The number of hydrogen-bond donors (Lipinski definition) is 2. The Hall–Kier alpha value is -2.70. The summed E-state index contributed by atoms with van der Waals surface area (Å²) in [4.78, 5) is 36.3. The van der Waals surface area contributed by atoms with E-state index in [0.29, 0.717) is 18.0 Å². The van der Waals surface area contributed by atoms with Crippen molar-refractivity contribution in [2.75, 3.05) is 24.5 Å². The van der Waals surface area contributed by atoms with E-state index in [4.69, 9.17) is 0 Å². The van der Waals surface area contributed by atoms with E-state index in [0.717, 1.165) is 31.9 Å². The van der Waals surface area contributed by atoms with Crippen molar-refractivity contribution in [3.8, 4) is 0 Å². The van der Waals surface area contributed by atoms with E-state index in [-0.39, 0.29) is 11.5 Å². The first-order valence-corrected chi connectivity index (χ1v) is 7.71. The SMILES string of the molecule is O=C(NCC1CCCN(c2ncccn2)C1)c1ccc(=O)[nH]c1. The zero-order chi connectivity index (χ0) is 16.1. The Kier molecular flexibility index (Phi) is 4.65. The van der Waals surface area contributed by atoms with Gasteiger partial charge in [0.15, 0.2) is 0 Å². The molecule has 0 spiro atoms. The molecule has 7 heteroatoms. The molecule has 1 unspecified atom stereocenters. The molecule has 1 aliphatic heterocycles. The number of pyridine rings is 1. The van der Waals surface area contributed by atoms with Crippen molar-refractivity contribution in [3.63, 3.8) is 0 Å². The minimum Gasteiger partial charge on any atom is -0.352 e. The summed E-state index contributed by atoms with van der Waals surface area (Å²) >= 11 is 0. The predicted molar refractivity (Wildman–Crippen MR) is 86.4 cm³/mol. The average molecular weight is 313 g/mol. The molecule has 1 amide bonds. The molecule has 0 saturated carbocycles. The van der Waals surface area contributed by atoms with Gasteiger partial charge in [0.2, 0.25) is 11.5 Å². The van der Waals surface area contributed by atoms with Crippen LogP contribution in [0.15, 0.2) is 41.6 Å². The summed E-state index contributed by atoms with van der Waals surface area (Å²) in [5, 5.41) is 2.93. The second-order valence-corrected chi connectivity index (χ2v) is 5.65. The van der Waals surface area contributed by atoms with Crippen LogP contribution < -0.4 is 15.8 Å². The maximum atomic E-state index is 12.1. The molecule has 1 fully saturated rings.